The number of carbonyl (C=O) groups is 1. The van der Waals surface area contributed by atoms with Gasteiger partial charge in [-0.05, 0) is 24.6 Å². The largest absolute Gasteiger partial charge is 0.350 e. The lowest BCUT2D eigenvalue weighted by Gasteiger charge is -2.28. The molecule has 0 heterocycles. The first-order valence-electron chi connectivity index (χ1n) is 7.46. The first kappa shape index (κ1) is 18.9. The fourth-order valence-corrected chi connectivity index (χ4v) is 3.53. The number of hydrogen-bond acceptors (Lipinski definition) is 3. The minimum Gasteiger partial charge on any atom is -0.350 e. The number of amides is 1. The van der Waals surface area contributed by atoms with Crippen molar-refractivity contribution in [1.82, 2.24) is 5.32 Å². The van der Waals surface area contributed by atoms with Gasteiger partial charge in [0.2, 0.25) is 15.9 Å². The zero-order valence-electron chi connectivity index (χ0n) is 13.7. The molecule has 2 aromatic rings. The molecule has 1 amide bonds. The van der Waals surface area contributed by atoms with Crippen LogP contribution in [0.15, 0.2) is 48.5 Å². The molecule has 0 aromatic heterocycles. The molecule has 0 fully saturated rings. The van der Waals surface area contributed by atoms with E-state index in [2.05, 4.69) is 5.32 Å². The van der Waals surface area contributed by atoms with Crippen LogP contribution < -0.4 is 9.62 Å². The van der Waals surface area contributed by atoms with E-state index in [0.717, 1.165) is 34.3 Å². The highest BCUT2D eigenvalue weighted by Gasteiger charge is 2.29. The fraction of sp³-hybridized carbons (Fsp3) is 0.235. The molecule has 25 heavy (non-hydrogen) atoms. The van der Waals surface area contributed by atoms with Crippen LogP contribution in [0.2, 0.25) is 0 Å². The van der Waals surface area contributed by atoms with E-state index >= 15 is 0 Å². The van der Waals surface area contributed by atoms with Gasteiger partial charge in [0.1, 0.15) is 6.04 Å². The second kappa shape index (κ2) is 7.60. The summed E-state index contributed by atoms with van der Waals surface area (Å²) < 4.78 is 51.5. The maximum Gasteiger partial charge on any atom is 0.243 e. The molecule has 0 spiro atoms. The molecule has 8 heteroatoms. The molecular weight excluding hydrogens is 350 g/mol. The van der Waals surface area contributed by atoms with E-state index in [9.17, 15) is 22.0 Å². The summed E-state index contributed by atoms with van der Waals surface area (Å²) in [5.41, 5.74) is 0.727. The van der Waals surface area contributed by atoms with Crippen molar-refractivity contribution < 1.29 is 22.0 Å². The summed E-state index contributed by atoms with van der Waals surface area (Å²) in [6, 6.07) is 10.6. The number of sulfonamides is 1. The van der Waals surface area contributed by atoms with E-state index in [1.54, 1.807) is 0 Å². The van der Waals surface area contributed by atoms with Crippen LogP contribution in [-0.4, -0.2) is 26.6 Å². The monoisotopic (exact) mass is 368 g/mol. The van der Waals surface area contributed by atoms with E-state index in [1.807, 2.05) is 30.3 Å². The van der Waals surface area contributed by atoms with Gasteiger partial charge in [0.25, 0.3) is 0 Å². The molecule has 2 rings (SSSR count). The minimum atomic E-state index is -3.89. The quantitative estimate of drug-likeness (QED) is 0.852. The maximum atomic E-state index is 13.5. The highest BCUT2D eigenvalue weighted by molar-refractivity contribution is 7.92. The third-order valence-electron chi connectivity index (χ3n) is 3.56. The standard InChI is InChI=1S/C17H18F2N2O3S/c1-12(17(22)20-11-13-6-4-3-5-7-13)21(25(2,23)24)14-8-9-15(18)16(19)10-14/h3-10,12H,11H2,1-2H3,(H,20,22)/t12-/m0/s1. The summed E-state index contributed by atoms with van der Waals surface area (Å²) in [6.07, 6.45) is 0.898. The van der Waals surface area contributed by atoms with Crippen LogP contribution in [0.3, 0.4) is 0 Å². The van der Waals surface area contributed by atoms with E-state index in [-0.39, 0.29) is 12.2 Å². The number of nitrogens with one attached hydrogen (secondary N) is 1. The zero-order valence-corrected chi connectivity index (χ0v) is 14.6. The average molecular weight is 368 g/mol. The fourth-order valence-electron chi connectivity index (χ4n) is 2.36. The molecule has 0 unspecified atom stereocenters. The van der Waals surface area contributed by atoms with Crippen molar-refractivity contribution in [3.05, 3.63) is 65.7 Å². The summed E-state index contributed by atoms with van der Waals surface area (Å²) in [4.78, 5) is 12.3. The summed E-state index contributed by atoms with van der Waals surface area (Å²) in [5.74, 6) is -2.85. The molecule has 1 N–H and O–H groups in total. The van der Waals surface area contributed by atoms with E-state index in [1.165, 1.54) is 6.92 Å². The topological polar surface area (TPSA) is 66.5 Å². The summed E-state index contributed by atoms with van der Waals surface area (Å²) in [7, 11) is -3.89. The molecule has 134 valence electrons. The second-order valence-corrected chi connectivity index (χ2v) is 7.40. The number of hydrogen-bond donors (Lipinski definition) is 1. The van der Waals surface area contributed by atoms with Gasteiger partial charge in [0, 0.05) is 12.6 Å². The van der Waals surface area contributed by atoms with Crippen LogP contribution in [0, 0.1) is 11.6 Å². The highest BCUT2D eigenvalue weighted by Crippen LogP contribution is 2.23. The zero-order chi connectivity index (χ0) is 18.6. The Morgan fingerprint density at radius 3 is 2.32 bits per heavy atom. The Morgan fingerprint density at radius 1 is 1.12 bits per heavy atom. The molecule has 0 saturated carbocycles. The van der Waals surface area contributed by atoms with E-state index in [0.29, 0.717) is 0 Å². The van der Waals surface area contributed by atoms with Gasteiger partial charge in [-0.1, -0.05) is 30.3 Å². The van der Waals surface area contributed by atoms with Crippen molar-refractivity contribution >= 4 is 21.6 Å². The number of nitrogens with zero attached hydrogens (tertiary/aromatic N) is 1. The van der Waals surface area contributed by atoms with Gasteiger partial charge in [-0.3, -0.25) is 9.10 Å². The second-order valence-electron chi connectivity index (χ2n) is 5.54. The molecule has 0 aliphatic carbocycles. The molecule has 0 saturated heterocycles. The molecule has 0 aliphatic heterocycles. The summed E-state index contributed by atoms with van der Waals surface area (Å²) in [6.45, 7) is 1.60. The minimum absolute atomic E-state index is 0.122. The smallest absolute Gasteiger partial charge is 0.243 e. The van der Waals surface area contributed by atoms with Crippen LogP contribution in [0.1, 0.15) is 12.5 Å². The molecule has 2 aromatic carbocycles. The van der Waals surface area contributed by atoms with Gasteiger partial charge in [-0.2, -0.15) is 0 Å². The van der Waals surface area contributed by atoms with Crippen LogP contribution in [0.25, 0.3) is 0 Å². The lowest BCUT2D eigenvalue weighted by atomic mass is 10.2. The third kappa shape index (κ3) is 4.76. The lowest BCUT2D eigenvalue weighted by Crippen LogP contribution is -2.47. The van der Waals surface area contributed by atoms with Gasteiger partial charge < -0.3 is 5.32 Å². The van der Waals surface area contributed by atoms with Gasteiger partial charge >= 0.3 is 0 Å². The SMILES string of the molecule is C[C@@H](C(=O)NCc1ccccc1)N(c1ccc(F)c(F)c1)S(C)(=O)=O. The Balaban J connectivity index is 2.22. The van der Waals surface area contributed by atoms with Gasteiger partial charge in [0.05, 0.1) is 11.9 Å². The van der Waals surface area contributed by atoms with Crippen molar-refractivity contribution in [2.45, 2.75) is 19.5 Å². The van der Waals surface area contributed by atoms with Crippen LogP contribution >= 0.6 is 0 Å². The van der Waals surface area contributed by atoms with E-state index < -0.39 is 33.6 Å². The van der Waals surface area contributed by atoms with E-state index in [4.69, 9.17) is 0 Å². The Morgan fingerprint density at radius 2 is 1.76 bits per heavy atom. The first-order chi connectivity index (χ1) is 11.7. The normalized spacial score (nSPS) is 12.5. The van der Waals surface area contributed by atoms with Crippen molar-refractivity contribution in [1.29, 1.82) is 0 Å². The average Bonchev–Trinajstić information content (AvgIpc) is 2.55. The molecule has 0 bridgehead atoms. The summed E-state index contributed by atoms with van der Waals surface area (Å²) >= 11 is 0. The van der Waals surface area contributed by atoms with Gasteiger partial charge in [0.15, 0.2) is 11.6 Å². The number of carbonyl (C=O) groups excluding carboxylic acids is 1. The van der Waals surface area contributed by atoms with Crippen molar-refractivity contribution in [2.24, 2.45) is 0 Å². The van der Waals surface area contributed by atoms with Gasteiger partial charge in [-0.15, -0.1) is 0 Å². The molecule has 0 aliphatic rings. The maximum absolute atomic E-state index is 13.5. The predicted molar refractivity (Wildman–Crippen MR) is 91.4 cm³/mol. The molecule has 0 radical (unpaired) electrons. The number of halogens is 2. The number of anilines is 1. The van der Waals surface area contributed by atoms with Crippen LogP contribution in [0.5, 0.6) is 0 Å². The van der Waals surface area contributed by atoms with Crippen molar-refractivity contribution in [3.8, 4) is 0 Å². The number of rotatable bonds is 6. The summed E-state index contributed by atoms with van der Waals surface area (Å²) in [5, 5.41) is 2.63. The molecule has 1 atom stereocenters. The van der Waals surface area contributed by atoms with Gasteiger partial charge in [-0.25, -0.2) is 17.2 Å². The molecule has 5 nitrogen and oxygen atoms in total. The highest BCUT2D eigenvalue weighted by atomic mass is 32.2. The Bertz CT molecular complexity index is 857. The Labute approximate surface area is 145 Å². The van der Waals surface area contributed by atoms with Crippen LogP contribution in [-0.2, 0) is 21.4 Å². The molecular formula is C17H18F2N2O3S. The Kier molecular flexibility index (Phi) is 5.73. The van der Waals surface area contributed by atoms with Crippen molar-refractivity contribution in [2.75, 3.05) is 10.6 Å². The third-order valence-corrected chi connectivity index (χ3v) is 4.80. The first-order valence-corrected chi connectivity index (χ1v) is 9.31. The van der Waals surface area contributed by atoms with Crippen LogP contribution in [0.4, 0.5) is 14.5 Å². The van der Waals surface area contributed by atoms with Crippen molar-refractivity contribution in [3.63, 3.8) is 0 Å². The number of benzene rings is 2. The Hall–Kier alpha value is -2.48. The lowest BCUT2D eigenvalue weighted by molar-refractivity contribution is -0.122. The predicted octanol–water partition coefficient (Wildman–Crippen LogP) is 2.44.